The Labute approximate surface area is 107 Å². The second kappa shape index (κ2) is 6.24. The van der Waals surface area contributed by atoms with Crippen molar-refractivity contribution >= 4 is 28.3 Å². The highest BCUT2D eigenvalue weighted by atomic mass is 79.9. The zero-order valence-corrected chi connectivity index (χ0v) is 10.7. The first-order chi connectivity index (χ1) is 8.08. The summed E-state index contributed by atoms with van der Waals surface area (Å²) in [6, 6.07) is 4.60. The van der Waals surface area contributed by atoms with E-state index in [0.29, 0.717) is 17.7 Å². The molecule has 0 unspecified atom stereocenters. The summed E-state index contributed by atoms with van der Waals surface area (Å²) in [5.41, 5.74) is 0.622. The van der Waals surface area contributed by atoms with E-state index in [2.05, 4.69) is 21.2 Å². The molecule has 92 valence electrons. The number of benzene rings is 1. The van der Waals surface area contributed by atoms with Gasteiger partial charge in [0.1, 0.15) is 5.75 Å². The van der Waals surface area contributed by atoms with E-state index in [1.54, 1.807) is 18.2 Å². The molecular weight excluding hydrogens is 290 g/mol. The van der Waals surface area contributed by atoms with Gasteiger partial charge in [0.25, 0.3) is 0 Å². The van der Waals surface area contributed by atoms with E-state index in [1.165, 1.54) is 7.11 Å². The highest BCUT2D eigenvalue weighted by Gasteiger charge is 2.19. The summed E-state index contributed by atoms with van der Waals surface area (Å²) in [4.78, 5) is 21.2. The smallest absolute Gasteiger partial charge is 0.305 e. The van der Waals surface area contributed by atoms with E-state index in [9.17, 15) is 9.59 Å². The van der Waals surface area contributed by atoms with Gasteiger partial charge < -0.3 is 15.2 Å². The van der Waals surface area contributed by atoms with Crippen LogP contribution in [0, 0.1) is 0 Å². The van der Waals surface area contributed by atoms with Crippen molar-refractivity contribution in [3.05, 3.63) is 28.2 Å². The zero-order chi connectivity index (χ0) is 12.8. The van der Waals surface area contributed by atoms with Crippen LogP contribution in [-0.2, 0) is 9.59 Å². The molecule has 1 atom stereocenters. The van der Waals surface area contributed by atoms with Crippen LogP contribution < -0.4 is 10.1 Å². The second-order valence-corrected chi connectivity index (χ2v) is 4.24. The number of hydrogen-bond acceptors (Lipinski definition) is 3. The molecule has 0 saturated carbocycles. The van der Waals surface area contributed by atoms with Gasteiger partial charge in [0, 0.05) is 10.0 Å². The maximum Gasteiger partial charge on any atom is 0.305 e. The molecule has 5 nitrogen and oxygen atoms in total. The van der Waals surface area contributed by atoms with Gasteiger partial charge in [-0.25, -0.2) is 0 Å². The van der Waals surface area contributed by atoms with Gasteiger partial charge in [0.15, 0.2) is 0 Å². The van der Waals surface area contributed by atoms with E-state index in [1.807, 2.05) is 0 Å². The Morgan fingerprint density at radius 2 is 2.35 bits per heavy atom. The SMILES string of the molecule is COc1ccc(Br)cc1[C@@H](CC(=O)O)NC=O. The summed E-state index contributed by atoms with van der Waals surface area (Å²) in [5.74, 6) is -0.458. The number of nitrogens with one attached hydrogen (secondary N) is 1. The highest BCUT2D eigenvalue weighted by Crippen LogP contribution is 2.30. The van der Waals surface area contributed by atoms with Crippen LogP contribution in [0.4, 0.5) is 0 Å². The molecule has 0 spiro atoms. The minimum absolute atomic E-state index is 0.203. The van der Waals surface area contributed by atoms with Crippen LogP contribution in [0.5, 0.6) is 5.75 Å². The lowest BCUT2D eigenvalue weighted by Crippen LogP contribution is -2.23. The van der Waals surface area contributed by atoms with E-state index < -0.39 is 12.0 Å². The fourth-order valence-corrected chi connectivity index (χ4v) is 1.87. The normalized spacial score (nSPS) is 11.6. The quantitative estimate of drug-likeness (QED) is 0.785. The zero-order valence-electron chi connectivity index (χ0n) is 9.14. The minimum atomic E-state index is -0.994. The van der Waals surface area contributed by atoms with Gasteiger partial charge in [-0.15, -0.1) is 0 Å². The molecule has 0 aliphatic heterocycles. The van der Waals surface area contributed by atoms with Gasteiger partial charge in [-0.2, -0.15) is 0 Å². The molecule has 0 aliphatic carbocycles. The lowest BCUT2D eigenvalue weighted by Gasteiger charge is -2.17. The van der Waals surface area contributed by atoms with Crippen molar-refractivity contribution in [3.63, 3.8) is 0 Å². The third kappa shape index (κ3) is 3.74. The number of carbonyl (C=O) groups excluding carboxylic acids is 1. The number of carboxylic acids is 1. The third-order valence-electron chi connectivity index (χ3n) is 2.22. The predicted molar refractivity (Wildman–Crippen MR) is 64.9 cm³/mol. The number of aliphatic carboxylic acids is 1. The van der Waals surface area contributed by atoms with E-state index in [4.69, 9.17) is 9.84 Å². The standard InChI is InChI=1S/C11H12BrNO4/c1-17-10-3-2-7(12)4-8(10)9(13-6-14)5-11(15)16/h2-4,6,9H,5H2,1H3,(H,13,14)(H,15,16)/t9-/m1/s1. The molecule has 6 heteroatoms. The number of methoxy groups -OCH3 is 1. The largest absolute Gasteiger partial charge is 0.496 e. The number of hydrogen-bond donors (Lipinski definition) is 2. The van der Waals surface area contributed by atoms with Crippen molar-refractivity contribution in [1.29, 1.82) is 0 Å². The Hall–Kier alpha value is -1.56. The van der Waals surface area contributed by atoms with E-state index in [-0.39, 0.29) is 6.42 Å². The Morgan fingerprint density at radius 1 is 1.65 bits per heavy atom. The van der Waals surface area contributed by atoms with Crippen LogP contribution in [0.15, 0.2) is 22.7 Å². The van der Waals surface area contributed by atoms with Gasteiger partial charge in [0.2, 0.25) is 6.41 Å². The summed E-state index contributed by atoms with van der Waals surface area (Å²) in [6.07, 6.45) is 0.277. The number of amides is 1. The van der Waals surface area contributed by atoms with Gasteiger partial charge in [-0.05, 0) is 18.2 Å². The van der Waals surface area contributed by atoms with Gasteiger partial charge in [-0.1, -0.05) is 15.9 Å². The van der Waals surface area contributed by atoms with Crippen LogP contribution in [0.1, 0.15) is 18.0 Å². The van der Waals surface area contributed by atoms with Crippen LogP contribution in [0.2, 0.25) is 0 Å². The van der Waals surface area contributed by atoms with Gasteiger partial charge >= 0.3 is 5.97 Å². The summed E-state index contributed by atoms with van der Waals surface area (Å²) in [5, 5.41) is 11.3. The molecule has 1 aromatic rings. The lowest BCUT2D eigenvalue weighted by molar-refractivity contribution is -0.137. The Balaban J connectivity index is 3.10. The minimum Gasteiger partial charge on any atom is -0.496 e. The third-order valence-corrected chi connectivity index (χ3v) is 2.71. The average molecular weight is 302 g/mol. The van der Waals surface area contributed by atoms with Crippen molar-refractivity contribution in [2.75, 3.05) is 7.11 Å². The molecule has 1 rings (SSSR count). The van der Waals surface area contributed by atoms with E-state index in [0.717, 1.165) is 4.47 Å². The van der Waals surface area contributed by atoms with Crippen LogP contribution >= 0.6 is 15.9 Å². The summed E-state index contributed by atoms with van der Waals surface area (Å²) >= 11 is 3.29. The van der Waals surface area contributed by atoms with Crippen molar-refractivity contribution in [2.45, 2.75) is 12.5 Å². The topological polar surface area (TPSA) is 75.6 Å². The number of halogens is 1. The molecule has 2 N–H and O–H groups in total. The molecule has 0 radical (unpaired) electrons. The number of carboxylic acid groups (broad SMARTS) is 1. The fraction of sp³-hybridized carbons (Fsp3) is 0.273. The molecule has 17 heavy (non-hydrogen) atoms. The molecule has 1 aromatic carbocycles. The molecule has 0 bridgehead atoms. The maximum atomic E-state index is 10.7. The molecule has 0 aromatic heterocycles. The monoisotopic (exact) mass is 301 g/mol. The predicted octanol–water partition coefficient (Wildman–Crippen LogP) is 1.72. The Morgan fingerprint density at radius 3 is 2.88 bits per heavy atom. The second-order valence-electron chi connectivity index (χ2n) is 3.32. The molecule has 0 aliphatic rings. The molecule has 0 fully saturated rings. The summed E-state index contributed by atoms with van der Waals surface area (Å²) < 4.78 is 5.93. The Bertz CT molecular complexity index is 422. The van der Waals surface area contributed by atoms with Gasteiger partial charge in [-0.3, -0.25) is 9.59 Å². The maximum absolute atomic E-state index is 10.7. The van der Waals surface area contributed by atoms with Crippen molar-refractivity contribution in [1.82, 2.24) is 5.32 Å². The van der Waals surface area contributed by atoms with Crippen molar-refractivity contribution < 1.29 is 19.4 Å². The Kier molecular flexibility index (Phi) is 4.96. The molecular formula is C11H12BrNO4. The van der Waals surface area contributed by atoms with Crippen LogP contribution in [0.25, 0.3) is 0 Å². The van der Waals surface area contributed by atoms with Crippen LogP contribution in [0.3, 0.4) is 0 Å². The first kappa shape index (κ1) is 13.5. The van der Waals surface area contributed by atoms with Crippen LogP contribution in [-0.4, -0.2) is 24.6 Å². The lowest BCUT2D eigenvalue weighted by atomic mass is 10.0. The highest BCUT2D eigenvalue weighted by molar-refractivity contribution is 9.10. The summed E-state index contributed by atoms with van der Waals surface area (Å²) in [7, 11) is 1.49. The number of ether oxygens (including phenoxy) is 1. The fourth-order valence-electron chi connectivity index (χ4n) is 1.49. The molecule has 0 saturated heterocycles. The molecule has 0 heterocycles. The summed E-state index contributed by atoms with van der Waals surface area (Å²) in [6.45, 7) is 0. The van der Waals surface area contributed by atoms with Gasteiger partial charge in [0.05, 0.1) is 19.6 Å². The number of rotatable bonds is 6. The number of carbonyl (C=O) groups is 2. The first-order valence-corrected chi connectivity index (χ1v) is 5.62. The first-order valence-electron chi connectivity index (χ1n) is 4.83. The van der Waals surface area contributed by atoms with Crippen molar-refractivity contribution in [3.8, 4) is 5.75 Å². The molecule has 1 amide bonds. The average Bonchev–Trinajstić information content (AvgIpc) is 2.28. The van der Waals surface area contributed by atoms with E-state index >= 15 is 0 Å². The van der Waals surface area contributed by atoms with Crippen molar-refractivity contribution in [2.24, 2.45) is 0 Å².